The second kappa shape index (κ2) is 10.9. The summed E-state index contributed by atoms with van der Waals surface area (Å²) in [6, 6.07) is 0. The molecule has 0 heterocycles. The summed E-state index contributed by atoms with van der Waals surface area (Å²) in [6.45, 7) is 14.3. The van der Waals surface area contributed by atoms with Crippen LogP contribution in [-0.4, -0.2) is 0 Å². The summed E-state index contributed by atoms with van der Waals surface area (Å²) in [7, 11) is 0. The van der Waals surface area contributed by atoms with Crippen molar-refractivity contribution in [1.82, 2.24) is 0 Å². The van der Waals surface area contributed by atoms with Gasteiger partial charge in [-0.2, -0.15) is 0 Å². The lowest BCUT2D eigenvalue weighted by Gasteiger charge is -2.24. The first-order valence-electron chi connectivity index (χ1n) is 8.51. The van der Waals surface area contributed by atoms with E-state index in [9.17, 15) is 0 Å². The molecule has 3 unspecified atom stereocenters. The fourth-order valence-electron chi connectivity index (χ4n) is 2.91. The van der Waals surface area contributed by atoms with Gasteiger partial charge < -0.3 is 0 Å². The van der Waals surface area contributed by atoms with Gasteiger partial charge in [-0.05, 0) is 30.1 Å². The van der Waals surface area contributed by atoms with Crippen LogP contribution < -0.4 is 0 Å². The highest BCUT2D eigenvalue weighted by Crippen LogP contribution is 2.28. The van der Waals surface area contributed by atoms with E-state index in [0.717, 1.165) is 23.7 Å². The molecule has 0 saturated carbocycles. The van der Waals surface area contributed by atoms with Gasteiger partial charge in [0.05, 0.1) is 0 Å². The van der Waals surface area contributed by atoms with E-state index in [2.05, 4.69) is 41.5 Å². The van der Waals surface area contributed by atoms with Gasteiger partial charge in [-0.1, -0.05) is 86.5 Å². The molecule has 0 radical (unpaired) electrons. The molecule has 18 heavy (non-hydrogen) atoms. The molecule has 0 bridgehead atoms. The quantitative estimate of drug-likeness (QED) is 0.385. The van der Waals surface area contributed by atoms with Crippen LogP contribution in [0.25, 0.3) is 0 Å². The van der Waals surface area contributed by atoms with E-state index < -0.39 is 0 Å². The van der Waals surface area contributed by atoms with Gasteiger partial charge in [0.2, 0.25) is 0 Å². The Kier molecular flexibility index (Phi) is 10.9. The highest BCUT2D eigenvalue weighted by molar-refractivity contribution is 4.67. The summed E-state index contributed by atoms with van der Waals surface area (Å²) in [6.07, 6.45) is 11.3. The Balaban J connectivity index is 3.83. The maximum Gasteiger partial charge on any atom is -0.0391 e. The minimum Gasteiger partial charge on any atom is -0.0654 e. The molecule has 0 aromatic heterocycles. The lowest BCUT2D eigenvalue weighted by Crippen LogP contribution is -2.12. The van der Waals surface area contributed by atoms with Crippen molar-refractivity contribution in [1.29, 1.82) is 0 Å². The van der Waals surface area contributed by atoms with Crippen LogP contribution >= 0.6 is 0 Å². The topological polar surface area (TPSA) is 0 Å². The van der Waals surface area contributed by atoms with E-state index in [1.807, 2.05) is 0 Å². The highest BCUT2D eigenvalue weighted by atomic mass is 14.2. The zero-order valence-corrected chi connectivity index (χ0v) is 14.0. The Morgan fingerprint density at radius 3 is 1.83 bits per heavy atom. The van der Waals surface area contributed by atoms with Crippen LogP contribution in [0.1, 0.15) is 92.9 Å². The zero-order chi connectivity index (χ0) is 14.0. The number of rotatable bonds is 11. The summed E-state index contributed by atoms with van der Waals surface area (Å²) < 4.78 is 0. The predicted octanol–water partition coefficient (Wildman–Crippen LogP) is 6.69. The van der Waals surface area contributed by atoms with Crippen molar-refractivity contribution in [2.24, 2.45) is 23.7 Å². The van der Waals surface area contributed by atoms with Crippen LogP contribution in [0.2, 0.25) is 0 Å². The predicted molar refractivity (Wildman–Crippen MR) is 84.9 cm³/mol. The maximum absolute atomic E-state index is 2.47. The van der Waals surface area contributed by atoms with E-state index in [4.69, 9.17) is 0 Å². The smallest absolute Gasteiger partial charge is 0.0391 e. The minimum absolute atomic E-state index is 0.873. The van der Waals surface area contributed by atoms with Gasteiger partial charge in [-0.15, -0.1) is 0 Å². The first-order valence-corrected chi connectivity index (χ1v) is 8.51. The molecular formula is C18H38. The Morgan fingerprint density at radius 2 is 1.33 bits per heavy atom. The van der Waals surface area contributed by atoms with Crippen LogP contribution in [0.15, 0.2) is 0 Å². The minimum atomic E-state index is 0.873. The Bertz CT molecular complexity index is 171. The van der Waals surface area contributed by atoms with Gasteiger partial charge in [-0.25, -0.2) is 0 Å². The summed E-state index contributed by atoms with van der Waals surface area (Å²) in [4.78, 5) is 0. The van der Waals surface area contributed by atoms with E-state index >= 15 is 0 Å². The van der Waals surface area contributed by atoms with E-state index in [0.29, 0.717) is 0 Å². The van der Waals surface area contributed by atoms with Gasteiger partial charge in [0.25, 0.3) is 0 Å². The summed E-state index contributed by atoms with van der Waals surface area (Å²) in [5.74, 6) is 3.71. The average molecular weight is 255 g/mol. The zero-order valence-electron chi connectivity index (χ0n) is 14.0. The lowest BCUT2D eigenvalue weighted by atomic mass is 9.82. The molecule has 0 nitrogen and oxygen atoms in total. The highest BCUT2D eigenvalue weighted by Gasteiger charge is 2.16. The van der Waals surface area contributed by atoms with Crippen LogP contribution in [-0.2, 0) is 0 Å². The molecule has 0 N–H and O–H groups in total. The molecule has 0 amide bonds. The Hall–Kier alpha value is 0. The summed E-state index contributed by atoms with van der Waals surface area (Å²) >= 11 is 0. The molecule has 3 atom stereocenters. The molecule has 0 aliphatic carbocycles. The summed E-state index contributed by atoms with van der Waals surface area (Å²) in [5.41, 5.74) is 0. The molecule has 0 fully saturated rings. The third kappa shape index (κ3) is 9.00. The largest absolute Gasteiger partial charge is 0.0654 e. The first-order chi connectivity index (χ1) is 8.51. The van der Waals surface area contributed by atoms with E-state index in [-0.39, 0.29) is 0 Å². The average Bonchev–Trinajstić information content (AvgIpc) is 2.34. The molecule has 0 saturated heterocycles. The van der Waals surface area contributed by atoms with Gasteiger partial charge >= 0.3 is 0 Å². The van der Waals surface area contributed by atoms with Gasteiger partial charge in [0, 0.05) is 0 Å². The maximum atomic E-state index is 2.47. The van der Waals surface area contributed by atoms with Gasteiger partial charge in [0.15, 0.2) is 0 Å². The van der Waals surface area contributed by atoms with Crippen molar-refractivity contribution in [3.63, 3.8) is 0 Å². The van der Waals surface area contributed by atoms with Crippen molar-refractivity contribution in [2.45, 2.75) is 92.9 Å². The Morgan fingerprint density at radius 1 is 0.722 bits per heavy atom. The molecule has 110 valence electrons. The van der Waals surface area contributed by atoms with Crippen molar-refractivity contribution in [2.75, 3.05) is 0 Å². The number of hydrogen-bond donors (Lipinski definition) is 0. The standard InChI is InChI=1S/C18H38/c1-7-9-10-17(6)18(8-2)14-13-16(5)12-11-15(3)4/h15-18H,7-14H2,1-6H3. The number of hydrogen-bond acceptors (Lipinski definition) is 0. The van der Waals surface area contributed by atoms with Crippen molar-refractivity contribution in [3.05, 3.63) is 0 Å². The molecule has 0 rings (SSSR count). The van der Waals surface area contributed by atoms with Gasteiger partial charge in [0.1, 0.15) is 0 Å². The molecule has 0 heteroatoms. The summed E-state index contributed by atoms with van der Waals surface area (Å²) in [5, 5.41) is 0. The molecule has 0 aromatic rings. The third-order valence-electron chi connectivity index (χ3n) is 4.61. The third-order valence-corrected chi connectivity index (χ3v) is 4.61. The second-order valence-electron chi connectivity index (χ2n) is 6.94. The van der Waals surface area contributed by atoms with Gasteiger partial charge in [-0.3, -0.25) is 0 Å². The Labute approximate surface area is 117 Å². The van der Waals surface area contributed by atoms with E-state index in [1.54, 1.807) is 0 Å². The molecule has 0 spiro atoms. The first kappa shape index (κ1) is 18.0. The lowest BCUT2D eigenvalue weighted by molar-refractivity contribution is 0.274. The van der Waals surface area contributed by atoms with Crippen molar-refractivity contribution in [3.8, 4) is 0 Å². The monoisotopic (exact) mass is 254 g/mol. The fraction of sp³-hybridized carbons (Fsp3) is 1.00. The molecule has 0 aliphatic heterocycles. The van der Waals surface area contributed by atoms with Crippen LogP contribution in [0.4, 0.5) is 0 Å². The van der Waals surface area contributed by atoms with Crippen LogP contribution in [0.3, 0.4) is 0 Å². The molecule has 0 aliphatic rings. The van der Waals surface area contributed by atoms with E-state index in [1.165, 1.54) is 51.4 Å². The normalized spacial score (nSPS) is 16.8. The van der Waals surface area contributed by atoms with Crippen LogP contribution in [0.5, 0.6) is 0 Å². The molecule has 0 aromatic carbocycles. The second-order valence-corrected chi connectivity index (χ2v) is 6.94. The van der Waals surface area contributed by atoms with Crippen molar-refractivity contribution >= 4 is 0 Å². The van der Waals surface area contributed by atoms with Crippen LogP contribution in [0, 0.1) is 23.7 Å². The SMILES string of the molecule is CCCCC(C)C(CC)CCC(C)CCC(C)C. The fourth-order valence-corrected chi connectivity index (χ4v) is 2.91. The number of unbranched alkanes of at least 4 members (excludes halogenated alkanes) is 1. The molecular weight excluding hydrogens is 216 g/mol. The van der Waals surface area contributed by atoms with Crippen molar-refractivity contribution < 1.29 is 0 Å².